The minimum atomic E-state index is -0.247. The van der Waals surface area contributed by atoms with Gasteiger partial charge in [-0.2, -0.15) is 0 Å². The van der Waals surface area contributed by atoms with Gasteiger partial charge in [0.25, 0.3) is 5.56 Å². The normalized spacial score (nSPS) is 11.0. The minimum Gasteiger partial charge on any atom is -0.302 e. The zero-order valence-electron chi connectivity index (χ0n) is 14.9. The second-order valence-corrected chi connectivity index (χ2v) is 7.92. The molecular formula is C20H14Cl2N4O2S. The lowest BCUT2D eigenvalue weighted by Crippen LogP contribution is -2.23. The highest BCUT2D eigenvalue weighted by Gasteiger charge is 2.12. The molecule has 2 aromatic carbocycles. The Balaban J connectivity index is 1.43. The molecule has 1 amide bonds. The van der Waals surface area contributed by atoms with Crippen molar-refractivity contribution in [2.75, 3.05) is 5.32 Å². The zero-order valence-corrected chi connectivity index (χ0v) is 17.3. The summed E-state index contributed by atoms with van der Waals surface area (Å²) in [4.78, 5) is 33.4. The number of para-hydroxylation sites is 1. The molecule has 2 aromatic heterocycles. The standard InChI is InChI=1S/C20H14Cl2N4O2S/c21-12-5-6-15(22)14(9-12)17-10-29-20(24-17)25-18(27)7-8-26-11-23-16-4-2-1-3-13(16)19(26)28/h1-6,9-11H,7-8H2,(H,24,25,27). The second-order valence-electron chi connectivity index (χ2n) is 6.22. The van der Waals surface area contributed by atoms with E-state index in [1.807, 2.05) is 6.07 Å². The number of hydrogen-bond acceptors (Lipinski definition) is 5. The smallest absolute Gasteiger partial charge is 0.261 e. The summed E-state index contributed by atoms with van der Waals surface area (Å²) in [6.07, 6.45) is 1.58. The Morgan fingerprint density at radius 2 is 2.00 bits per heavy atom. The van der Waals surface area contributed by atoms with Crippen LogP contribution in [0.3, 0.4) is 0 Å². The molecule has 4 aromatic rings. The number of benzene rings is 2. The Kier molecular flexibility index (Phi) is 5.62. The van der Waals surface area contributed by atoms with Crippen LogP contribution in [0.4, 0.5) is 5.13 Å². The Bertz CT molecular complexity index is 1270. The molecule has 0 aliphatic rings. The largest absolute Gasteiger partial charge is 0.302 e. The molecular weight excluding hydrogens is 431 g/mol. The lowest BCUT2D eigenvalue weighted by atomic mass is 10.2. The van der Waals surface area contributed by atoms with E-state index in [-0.39, 0.29) is 24.4 Å². The van der Waals surface area contributed by atoms with Crippen molar-refractivity contribution in [1.29, 1.82) is 0 Å². The first kappa shape index (κ1) is 19.6. The van der Waals surface area contributed by atoms with Crippen molar-refractivity contribution in [3.63, 3.8) is 0 Å². The van der Waals surface area contributed by atoms with E-state index in [1.165, 1.54) is 22.2 Å². The van der Waals surface area contributed by atoms with Gasteiger partial charge in [0.05, 0.1) is 27.9 Å². The van der Waals surface area contributed by atoms with E-state index in [9.17, 15) is 9.59 Å². The molecule has 0 saturated carbocycles. The molecule has 0 spiro atoms. The second kappa shape index (κ2) is 8.32. The first-order valence-corrected chi connectivity index (χ1v) is 10.3. The van der Waals surface area contributed by atoms with E-state index in [2.05, 4.69) is 15.3 Å². The summed E-state index contributed by atoms with van der Waals surface area (Å²) in [6.45, 7) is 0.223. The Labute approximate surface area is 179 Å². The van der Waals surface area contributed by atoms with Crippen LogP contribution in [0.1, 0.15) is 6.42 Å². The molecule has 1 N–H and O–H groups in total. The average molecular weight is 445 g/mol. The van der Waals surface area contributed by atoms with Crippen molar-refractivity contribution in [2.45, 2.75) is 13.0 Å². The highest BCUT2D eigenvalue weighted by Crippen LogP contribution is 2.32. The maximum absolute atomic E-state index is 12.5. The number of hydrogen-bond donors (Lipinski definition) is 1. The van der Waals surface area contributed by atoms with E-state index in [1.54, 1.807) is 41.8 Å². The van der Waals surface area contributed by atoms with Crippen molar-refractivity contribution >= 4 is 56.5 Å². The van der Waals surface area contributed by atoms with Crippen LogP contribution in [0.25, 0.3) is 22.2 Å². The number of nitrogens with one attached hydrogen (secondary N) is 1. The fraction of sp³-hybridized carbons (Fsp3) is 0.100. The van der Waals surface area contributed by atoms with E-state index in [4.69, 9.17) is 23.2 Å². The summed E-state index contributed by atoms with van der Waals surface area (Å²) >= 11 is 13.5. The van der Waals surface area contributed by atoms with Crippen LogP contribution in [-0.2, 0) is 11.3 Å². The maximum Gasteiger partial charge on any atom is 0.261 e. The molecule has 0 atom stereocenters. The van der Waals surface area contributed by atoms with E-state index in [0.29, 0.717) is 37.3 Å². The SMILES string of the molecule is O=C(CCn1cnc2ccccc2c1=O)Nc1nc(-c2cc(Cl)ccc2Cl)cs1. The van der Waals surface area contributed by atoms with Crippen LogP contribution in [0.15, 0.2) is 59.0 Å². The number of carbonyl (C=O) groups excluding carboxylic acids is 1. The molecule has 9 heteroatoms. The van der Waals surface area contributed by atoms with Gasteiger partial charge < -0.3 is 5.32 Å². The van der Waals surface area contributed by atoms with E-state index < -0.39 is 0 Å². The van der Waals surface area contributed by atoms with Gasteiger partial charge in [0, 0.05) is 28.9 Å². The van der Waals surface area contributed by atoms with Crippen molar-refractivity contribution in [2.24, 2.45) is 0 Å². The number of nitrogens with zero attached hydrogens (tertiary/aromatic N) is 3. The molecule has 0 fully saturated rings. The lowest BCUT2D eigenvalue weighted by Gasteiger charge is -2.06. The predicted molar refractivity (Wildman–Crippen MR) is 117 cm³/mol. The van der Waals surface area contributed by atoms with Gasteiger partial charge in [0.1, 0.15) is 0 Å². The summed E-state index contributed by atoms with van der Waals surface area (Å²) in [5, 5.41) is 6.60. The third-order valence-corrected chi connectivity index (χ3v) is 5.59. The molecule has 6 nitrogen and oxygen atoms in total. The third-order valence-electron chi connectivity index (χ3n) is 4.27. The van der Waals surface area contributed by atoms with Gasteiger partial charge in [-0.15, -0.1) is 11.3 Å². The van der Waals surface area contributed by atoms with Gasteiger partial charge in [-0.3, -0.25) is 14.2 Å². The maximum atomic E-state index is 12.5. The fourth-order valence-corrected chi connectivity index (χ4v) is 3.93. The molecule has 0 radical (unpaired) electrons. The number of anilines is 1. The molecule has 0 aliphatic carbocycles. The molecule has 0 saturated heterocycles. The van der Waals surface area contributed by atoms with Crippen molar-refractivity contribution in [3.05, 3.63) is 74.6 Å². The van der Waals surface area contributed by atoms with Gasteiger partial charge in [0.2, 0.25) is 5.91 Å². The quantitative estimate of drug-likeness (QED) is 0.476. The van der Waals surface area contributed by atoms with Crippen LogP contribution in [-0.4, -0.2) is 20.4 Å². The molecule has 0 aliphatic heterocycles. The van der Waals surface area contributed by atoms with Crippen LogP contribution in [0, 0.1) is 0 Å². The first-order chi connectivity index (χ1) is 14.0. The number of thiazole rings is 1. The molecule has 0 unspecified atom stereocenters. The minimum absolute atomic E-state index is 0.118. The Morgan fingerprint density at radius 3 is 2.86 bits per heavy atom. The van der Waals surface area contributed by atoms with Crippen LogP contribution in [0.2, 0.25) is 10.0 Å². The number of amides is 1. The highest BCUT2D eigenvalue weighted by molar-refractivity contribution is 7.14. The monoisotopic (exact) mass is 444 g/mol. The van der Waals surface area contributed by atoms with Crippen LogP contribution in [0.5, 0.6) is 0 Å². The van der Waals surface area contributed by atoms with Crippen molar-refractivity contribution in [1.82, 2.24) is 14.5 Å². The van der Waals surface area contributed by atoms with Gasteiger partial charge in [0.15, 0.2) is 5.13 Å². The van der Waals surface area contributed by atoms with E-state index >= 15 is 0 Å². The molecule has 0 bridgehead atoms. The fourth-order valence-electron chi connectivity index (χ4n) is 2.82. The Hall–Kier alpha value is -2.74. The summed E-state index contributed by atoms with van der Waals surface area (Å²) in [7, 11) is 0. The van der Waals surface area contributed by atoms with Gasteiger partial charge in [-0.25, -0.2) is 9.97 Å². The number of halogens is 2. The third kappa shape index (κ3) is 4.32. The average Bonchev–Trinajstić information content (AvgIpc) is 3.17. The van der Waals surface area contributed by atoms with Crippen LogP contribution >= 0.6 is 34.5 Å². The van der Waals surface area contributed by atoms with Crippen molar-refractivity contribution in [3.8, 4) is 11.3 Å². The summed E-state index contributed by atoms with van der Waals surface area (Å²) < 4.78 is 1.43. The first-order valence-electron chi connectivity index (χ1n) is 8.66. The Morgan fingerprint density at radius 1 is 1.17 bits per heavy atom. The summed E-state index contributed by atoms with van der Waals surface area (Å²) in [5.74, 6) is -0.247. The predicted octanol–water partition coefficient (Wildman–Crippen LogP) is 4.86. The topological polar surface area (TPSA) is 76.9 Å². The number of fused-ring (bicyclic) bond motifs is 1. The number of rotatable bonds is 5. The zero-order chi connectivity index (χ0) is 20.4. The van der Waals surface area contributed by atoms with Crippen molar-refractivity contribution < 1.29 is 4.79 Å². The molecule has 146 valence electrons. The highest BCUT2D eigenvalue weighted by atomic mass is 35.5. The summed E-state index contributed by atoms with van der Waals surface area (Å²) in [5.41, 5.74) is 1.79. The molecule has 2 heterocycles. The van der Waals surface area contributed by atoms with Crippen LogP contribution < -0.4 is 10.9 Å². The molecule has 4 rings (SSSR count). The van der Waals surface area contributed by atoms with Gasteiger partial charge in [-0.05, 0) is 30.3 Å². The molecule has 29 heavy (non-hydrogen) atoms. The van der Waals surface area contributed by atoms with E-state index in [0.717, 1.165) is 0 Å². The van der Waals surface area contributed by atoms with Gasteiger partial charge in [-0.1, -0.05) is 35.3 Å². The number of aromatic nitrogens is 3. The van der Waals surface area contributed by atoms with Gasteiger partial charge >= 0.3 is 0 Å². The number of aryl methyl sites for hydroxylation is 1. The lowest BCUT2D eigenvalue weighted by molar-refractivity contribution is -0.116. The number of carbonyl (C=O) groups is 1. The summed E-state index contributed by atoms with van der Waals surface area (Å²) in [6, 6.07) is 12.2.